The molecule has 7 nitrogen and oxygen atoms in total. The molecule has 2 heterocycles. The van der Waals surface area contributed by atoms with E-state index in [1.807, 2.05) is 24.3 Å². The number of sulfonamides is 1. The minimum absolute atomic E-state index is 0.159. The van der Waals surface area contributed by atoms with Crippen molar-refractivity contribution in [2.24, 2.45) is 7.05 Å². The molecular formula is C19H19N5O2S. The lowest BCUT2D eigenvalue weighted by atomic mass is 10.0. The molecule has 4 rings (SSSR count). The molecule has 0 saturated heterocycles. The number of aryl methyl sites for hydroxylation is 2. The average molecular weight is 381 g/mol. The first-order valence-corrected chi connectivity index (χ1v) is 9.93. The van der Waals surface area contributed by atoms with Crippen molar-refractivity contribution in [2.45, 2.75) is 18.4 Å². The molecule has 8 heteroatoms. The molecule has 0 aliphatic rings. The zero-order chi connectivity index (χ0) is 19.0. The molecule has 4 aromatic rings. The number of rotatable bonds is 5. The molecule has 0 radical (unpaired) electrons. The van der Waals surface area contributed by atoms with E-state index < -0.39 is 10.0 Å². The number of nitrogens with one attached hydrogen (secondary N) is 1. The third-order valence-electron chi connectivity index (χ3n) is 4.36. The maximum Gasteiger partial charge on any atom is 0.265 e. The van der Waals surface area contributed by atoms with Crippen LogP contribution in [0.4, 0.5) is 5.69 Å². The highest BCUT2D eigenvalue weighted by molar-refractivity contribution is 7.92. The molecular weight excluding hydrogens is 362 g/mol. The van der Waals surface area contributed by atoms with Crippen LogP contribution in [0.3, 0.4) is 0 Å². The Labute approximate surface area is 157 Å². The summed E-state index contributed by atoms with van der Waals surface area (Å²) < 4.78 is 30.9. The fourth-order valence-corrected chi connectivity index (χ4v) is 4.41. The Bertz CT molecular complexity index is 1220. The summed E-state index contributed by atoms with van der Waals surface area (Å²) in [6.07, 6.45) is 4.68. The lowest BCUT2D eigenvalue weighted by Crippen LogP contribution is -2.13. The van der Waals surface area contributed by atoms with Crippen LogP contribution in [-0.4, -0.2) is 28.0 Å². The van der Waals surface area contributed by atoms with Crippen molar-refractivity contribution >= 4 is 26.5 Å². The summed E-state index contributed by atoms with van der Waals surface area (Å²) in [7, 11) is -2.02. The molecule has 0 atom stereocenters. The Kier molecular flexibility index (Phi) is 4.19. The van der Waals surface area contributed by atoms with Crippen LogP contribution in [0.15, 0.2) is 66.0 Å². The Morgan fingerprint density at radius 3 is 2.63 bits per heavy atom. The van der Waals surface area contributed by atoms with Gasteiger partial charge in [0.2, 0.25) is 0 Å². The highest BCUT2D eigenvalue weighted by Crippen LogP contribution is 2.21. The second-order valence-electron chi connectivity index (χ2n) is 6.42. The monoisotopic (exact) mass is 381 g/mol. The predicted molar refractivity (Wildman–Crippen MR) is 104 cm³/mol. The lowest BCUT2D eigenvalue weighted by Gasteiger charge is -2.07. The van der Waals surface area contributed by atoms with Crippen molar-refractivity contribution in [1.29, 1.82) is 0 Å². The van der Waals surface area contributed by atoms with Crippen molar-refractivity contribution in [2.75, 3.05) is 4.72 Å². The zero-order valence-electron chi connectivity index (χ0n) is 15.0. The van der Waals surface area contributed by atoms with Gasteiger partial charge in [0.05, 0.1) is 24.1 Å². The summed E-state index contributed by atoms with van der Waals surface area (Å²) >= 11 is 0. The third kappa shape index (κ3) is 3.43. The SMILES string of the molecule is Cc1nn(C)cc1S(=O)(=O)Nc1cnn(Cc2cccc3ccccc23)c1. The van der Waals surface area contributed by atoms with Crippen LogP contribution in [0, 0.1) is 6.92 Å². The Balaban J connectivity index is 1.58. The quantitative estimate of drug-likeness (QED) is 0.576. The molecule has 1 N–H and O–H groups in total. The molecule has 0 bridgehead atoms. The van der Waals surface area contributed by atoms with Gasteiger partial charge in [-0.1, -0.05) is 42.5 Å². The largest absolute Gasteiger partial charge is 0.276 e. The van der Waals surface area contributed by atoms with Gasteiger partial charge in [-0.05, 0) is 23.3 Å². The molecule has 0 aliphatic heterocycles. The van der Waals surface area contributed by atoms with E-state index in [2.05, 4.69) is 33.1 Å². The molecule has 0 amide bonds. The van der Waals surface area contributed by atoms with Gasteiger partial charge >= 0.3 is 0 Å². The first-order valence-electron chi connectivity index (χ1n) is 8.44. The van der Waals surface area contributed by atoms with E-state index in [-0.39, 0.29) is 4.90 Å². The average Bonchev–Trinajstić information content (AvgIpc) is 3.20. The van der Waals surface area contributed by atoms with Gasteiger partial charge in [0.25, 0.3) is 10.0 Å². The molecule has 0 unspecified atom stereocenters. The minimum Gasteiger partial charge on any atom is -0.276 e. The smallest absolute Gasteiger partial charge is 0.265 e. The van der Waals surface area contributed by atoms with Gasteiger partial charge in [0.15, 0.2) is 0 Å². The molecule has 138 valence electrons. The van der Waals surface area contributed by atoms with Crippen LogP contribution in [0.2, 0.25) is 0 Å². The molecule has 0 aliphatic carbocycles. The fourth-order valence-electron chi connectivity index (χ4n) is 3.16. The number of anilines is 1. The van der Waals surface area contributed by atoms with E-state index in [4.69, 9.17) is 0 Å². The summed E-state index contributed by atoms with van der Waals surface area (Å²) in [4.78, 5) is 0.159. The number of fused-ring (bicyclic) bond motifs is 1. The van der Waals surface area contributed by atoms with Crippen LogP contribution in [0.25, 0.3) is 10.8 Å². The van der Waals surface area contributed by atoms with Crippen LogP contribution in [-0.2, 0) is 23.6 Å². The molecule has 2 aromatic heterocycles. The molecule has 2 aromatic carbocycles. The standard InChI is InChI=1S/C19H19N5O2S/c1-14-19(13-23(2)21-14)27(25,26)22-17-10-20-24(12-17)11-16-8-5-7-15-6-3-4-9-18(15)16/h3-10,12-13,22H,11H2,1-2H3. The Morgan fingerprint density at radius 2 is 1.85 bits per heavy atom. The lowest BCUT2D eigenvalue weighted by molar-refractivity contribution is 0.600. The normalized spacial score (nSPS) is 11.8. The van der Waals surface area contributed by atoms with Gasteiger partial charge in [0.1, 0.15) is 4.90 Å². The van der Waals surface area contributed by atoms with Gasteiger partial charge in [-0.25, -0.2) is 8.42 Å². The fraction of sp³-hybridized carbons (Fsp3) is 0.158. The number of benzene rings is 2. The first-order chi connectivity index (χ1) is 12.9. The Hall–Kier alpha value is -3.13. The first kappa shape index (κ1) is 17.3. The van der Waals surface area contributed by atoms with Gasteiger partial charge in [0, 0.05) is 19.4 Å². The zero-order valence-corrected chi connectivity index (χ0v) is 15.8. The summed E-state index contributed by atoms with van der Waals surface area (Å²) in [6.45, 7) is 2.22. The van der Waals surface area contributed by atoms with E-state index in [0.29, 0.717) is 17.9 Å². The second-order valence-corrected chi connectivity index (χ2v) is 8.07. The second kappa shape index (κ2) is 6.55. The molecule has 0 fully saturated rings. The topological polar surface area (TPSA) is 81.8 Å². The number of hydrogen-bond acceptors (Lipinski definition) is 4. The molecule has 0 spiro atoms. The van der Waals surface area contributed by atoms with Gasteiger partial charge in [-0.2, -0.15) is 10.2 Å². The van der Waals surface area contributed by atoms with Crippen molar-refractivity contribution in [3.8, 4) is 0 Å². The highest BCUT2D eigenvalue weighted by atomic mass is 32.2. The van der Waals surface area contributed by atoms with Crippen molar-refractivity contribution in [3.05, 3.63) is 72.3 Å². The van der Waals surface area contributed by atoms with Crippen molar-refractivity contribution in [3.63, 3.8) is 0 Å². The van der Waals surface area contributed by atoms with E-state index in [1.54, 1.807) is 24.9 Å². The Morgan fingerprint density at radius 1 is 1.07 bits per heavy atom. The van der Waals surface area contributed by atoms with E-state index >= 15 is 0 Å². The van der Waals surface area contributed by atoms with Gasteiger partial charge < -0.3 is 0 Å². The summed E-state index contributed by atoms with van der Waals surface area (Å²) in [5.41, 5.74) is 1.99. The summed E-state index contributed by atoms with van der Waals surface area (Å²) in [5.74, 6) is 0. The van der Waals surface area contributed by atoms with E-state index in [9.17, 15) is 8.42 Å². The van der Waals surface area contributed by atoms with Crippen LogP contribution < -0.4 is 4.72 Å². The number of aromatic nitrogens is 4. The third-order valence-corrected chi connectivity index (χ3v) is 5.84. The summed E-state index contributed by atoms with van der Waals surface area (Å²) in [5, 5.41) is 10.7. The number of hydrogen-bond donors (Lipinski definition) is 1. The van der Waals surface area contributed by atoms with Crippen molar-refractivity contribution < 1.29 is 8.42 Å². The maximum absolute atomic E-state index is 12.6. The highest BCUT2D eigenvalue weighted by Gasteiger charge is 2.20. The maximum atomic E-state index is 12.6. The minimum atomic E-state index is -3.70. The van der Waals surface area contributed by atoms with Crippen LogP contribution >= 0.6 is 0 Å². The summed E-state index contributed by atoms with van der Waals surface area (Å²) in [6, 6.07) is 14.3. The van der Waals surface area contributed by atoms with Crippen molar-refractivity contribution in [1.82, 2.24) is 19.6 Å². The van der Waals surface area contributed by atoms with E-state index in [0.717, 1.165) is 16.3 Å². The van der Waals surface area contributed by atoms with E-state index in [1.165, 1.54) is 17.1 Å². The van der Waals surface area contributed by atoms with Gasteiger partial charge in [-0.3, -0.25) is 14.1 Å². The van der Waals surface area contributed by atoms with Crippen LogP contribution in [0.1, 0.15) is 11.3 Å². The molecule has 0 saturated carbocycles. The molecule has 27 heavy (non-hydrogen) atoms. The van der Waals surface area contributed by atoms with Gasteiger partial charge in [-0.15, -0.1) is 0 Å². The number of nitrogens with zero attached hydrogens (tertiary/aromatic N) is 4. The predicted octanol–water partition coefficient (Wildman–Crippen LogP) is 2.93. The van der Waals surface area contributed by atoms with Crippen LogP contribution in [0.5, 0.6) is 0 Å².